The summed E-state index contributed by atoms with van der Waals surface area (Å²) >= 11 is 0. The zero-order valence-corrected chi connectivity index (χ0v) is 20.9. The predicted octanol–water partition coefficient (Wildman–Crippen LogP) is 6.51. The minimum atomic E-state index is -4.52. The van der Waals surface area contributed by atoms with Gasteiger partial charge in [-0.2, -0.15) is 0 Å². The Kier molecular flexibility index (Phi) is 14.8. The van der Waals surface area contributed by atoms with Gasteiger partial charge in [-0.05, 0) is 73.1 Å². The normalized spacial score (nSPS) is 15.8. The van der Waals surface area contributed by atoms with Gasteiger partial charge in [-0.25, -0.2) is 0 Å². The van der Waals surface area contributed by atoms with Gasteiger partial charge >= 0.3 is 7.60 Å². The topological polar surface area (TPSA) is 104 Å². The molecule has 0 saturated carbocycles. The molecule has 0 radical (unpaired) electrons. The van der Waals surface area contributed by atoms with Gasteiger partial charge in [-0.3, -0.25) is 9.13 Å². The first-order valence-electron chi connectivity index (χ1n) is 10.3. The Morgan fingerprint density at radius 3 is 1.60 bits per heavy atom. The van der Waals surface area contributed by atoms with Crippen molar-refractivity contribution in [2.75, 3.05) is 18.9 Å². The van der Waals surface area contributed by atoms with E-state index in [1.165, 1.54) is 16.7 Å². The molecule has 0 heterocycles. The van der Waals surface area contributed by atoms with Crippen LogP contribution in [0.4, 0.5) is 0 Å². The van der Waals surface area contributed by atoms with Crippen LogP contribution in [0, 0.1) is 0 Å². The molecule has 30 heavy (non-hydrogen) atoms. The fourth-order valence-corrected chi connectivity index (χ4v) is 5.73. The third-order valence-electron chi connectivity index (χ3n) is 4.40. The van der Waals surface area contributed by atoms with Crippen molar-refractivity contribution in [3.8, 4) is 0 Å². The highest BCUT2D eigenvalue weighted by atomic mass is 31.2. The molecule has 3 N–H and O–H groups in total. The van der Waals surface area contributed by atoms with Gasteiger partial charge in [-0.1, -0.05) is 46.6 Å². The van der Waals surface area contributed by atoms with Crippen molar-refractivity contribution in [1.29, 1.82) is 0 Å². The molecule has 0 aliphatic rings. The number of allylic oxidation sites excluding steroid dienone is 7. The molecule has 1 atom stereocenters. The summed E-state index contributed by atoms with van der Waals surface area (Å²) in [5, 5.41) is 0. The van der Waals surface area contributed by atoms with Crippen LogP contribution in [0.2, 0.25) is 0 Å². The number of rotatable bonds is 15. The Bertz CT molecular complexity index is 724. The predicted molar refractivity (Wildman–Crippen MR) is 126 cm³/mol. The lowest BCUT2D eigenvalue weighted by molar-refractivity contribution is 0.199. The lowest BCUT2D eigenvalue weighted by Gasteiger charge is -2.12. The SMILES string of the molecule is CC(C)=CCC/C(C)=C/CC/C(C)=C/CC/C(C)=C/COCP(=O)(O)CP(=O)(O)O. The lowest BCUT2D eigenvalue weighted by atomic mass is 10.0. The molecule has 0 aliphatic heterocycles. The molecule has 0 aromatic carbocycles. The van der Waals surface area contributed by atoms with Crippen molar-refractivity contribution in [3.63, 3.8) is 0 Å². The number of hydrogen-bond acceptors (Lipinski definition) is 3. The summed E-state index contributed by atoms with van der Waals surface area (Å²) < 4.78 is 27.5. The maximum atomic E-state index is 11.6. The first-order valence-corrected chi connectivity index (χ1v) is 14.2. The Morgan fingerprint density at radius 1 is 0.733 bits per heavy atom. The molecule has 0 amide bonds. The maximum absolute atomic E-state index is 11.6. The quantitative estimate of drug-likeness (QED) is 0.146. The lowest BCUT2D eigenvalue weighted by Crippen LogP contribution is -2.00. The minimum absolute atomic E-state index is 0.150. The molecule has 0 aliphatic carbocycles. The molecule has 6 nitrogen and oxygen atoms in total. The van der Waals surface area contributed by atoms with Crippen molar-refractivity contribution in [2.45, 2.75) is 73.1 Å². The van der Waals surface area contributed by atoms with E-state index in [1.807, 2.05) is 13.0 Å². The Balaban J connectivity index is 4.13. The van der Waals surface area contributed by atoms with Crippen molar-refractivity contribution in [2.24, 2.45) is 0 Å². The zero-order chi connectivity index (χ0) is 23.2. The molecule has 0 bridgehead atoms. The van der Waals surface area contributed by atoms with E-state index in [9.17, 15) is 14.0 Å². The van der Waals surface area contributed by atoms with Crippen LogP contribution in [0.5, 0.6) is 0 Å². The van der Waals surface area contributed by atoms with Gasteiger partial charge in [0, 0.05) is 0 Å². The monoisotopic (exact) mass is 462 g/mol. The van der Waals surface area contributed by atoms with Crippen LogP contribution >= 0.6 is 15.0 Å². The fraction of sp³-hybridized carbons (Fsp3) is 0.636. The van der Waals surface area contributed by atoms with Crippen LogP contribution in [-0.2, 0) is 13.9 Å². The van der Waals surface area contributed by atoms with E-state index in [1.54, 1.807) is 0 Å². The van der Waals surface area contributed by atoms with Crippen LogP contribution in [0.3, 0.4) is 0 Å². The summed E-state index contributed by atoms with van der Waals surface area (Å²) in [5.41, 5.74) is 5.28. The van der Waals surface area contributed by atoms with Crippen LogP contribution in [0.1, 0.15) is 73.1 Å². The van der Waals surface area contributed by atoms with Crippen LogP contribution in [0.25, 0.3) is 0 Å². The summed E-state index contributed by atoms with van der Waals surface area (Å²) in [4.78, 5) is 27.0. The minimum Gasteiger partial charge on any atom is -0.367 e. The van der Waals surface area contributed by atoms with Gasteiger partial charge in [0.25, 0.3) is 0 Å². The van der Waals surface area contributed by atoms with E-state index in [0.29, 0.717) is 0 Å². The van der Waals surface area contributed by atoms with E-state index >= 15 is 0 Å². The average Bonchev–Trinajstić information content (AvgIpc) is 2.56. The summed E-state index contributed by atoms with van der Waals surface area (Å²) in [6.07, 6.45) is 14.2. The van der Waals surface area contributed by atoms with Gasteiger partial charge < -0.3 is 19.4 Å². The highest BCUT2D eigenvalue weighted by Crippen LogP contribution is 2.54. The van der Waals surface area contributed by atoms with E-state index in [4.69, 9.17) is 14.5 Å². The fourth-order valence-electron chi connectivity index (χ4n) is 2.71. The van der Waals surface area contributed by atoms with Crippen molar-refractivity contribution >= 4 is 15.0 Å². The molecule has 0 rings (SSSR count). The molecule has 174 valence electrons. The van der Waals surface area contributed by atoms with Crippen LogP contribution < -0.4 is 0 Å². The summed E-state index contributed by atoms with van der Waals surface area (Å²) in [6, 6.07) is 0. The first kappa shape index (κ1) is 29.3. The van der Waals surface area contributed by atoms with E-state index in [2.05, 4.69) is 45.9 Å². The first-order chi connectivity index (χ1) is 13.8. The van der Waals surface area contributed by atoms with Gasteiger partial charge in [0.05, 0.1) is 6.61 Å². The molecular weight excluding hydrogens is 422 g/mol. The van der Waals surface area contributed by atoms with E-state index < -0.39 is 27.2 Å². The van der Waals surface area contributed by atoms with Gasteiger partial charge in [0.1, 0.15) is 12.3 Å². The smallest absolute Gasteiger partial charge is 0.335 e. The average molecular weight is 463 g/mol. The third-order valence-corrected chi connectivity index (χ3v) is 8.23. The number of hydrogen-bond donors (Lipinski definition) is 3. The maximum Gasteiger partial charge on any atom is 0.335 e. The highest BCUT2D eigenvalue weighted by Gasteiger charge is 2.29. The molecule has 0 saturated heterocycles. The molecule has 1 unspecified atom stereocenters. The van der Waals surface area contributed by atoms with Crippen LogP contribution in [0.15, 0.2) is 46.6 Å². The summed E-state index contributed by atoms with van der Waals surface area (Å²) in [5.74, 6) is -1.04. The van der Waals surface area contributed by atoms with Crippen molar-refractivity contribution < 1.29 is 28.5 Å². The Morgan fingerprint density at radius 2 is 1.17 bits per heavy atom. The second-order valence-electron chi connectivity index (χ2n) is 8.20. The Labute approximate surface area is 182 Å². The van der Waals surface area contributed by atoms with E-state index in [0.717, 1.165) is 44.1 Å². The summed E-state index contributed by atoms with van der Waals surface area (Å²) in [7, 11) is -8.49. The molecule has 0 fully saturated rings. The van der Waals surface area contributed by atoms with Gasteiger partial charge in [0.15, 0.2) is 0 Å². The molecular formula is C22H40O6P2. The van der Waals surface area contributed by atoms with Gasteiger partial charge in [0.2, 0.25) is 7.37 Å². The van der Waals surface area contributed by atoms with Crippen molar-refractivity contribution in [1.82, 2.24) is 0 Å². The third kappa shape index (κ3) is 19.2. The highest BCUT2D eigenvalue weighted by molar-refractivity contribution is 7.72. The second kappa shape index (κ2) is 15.1. The van der Waals surface area contributed by atoms with Crippen molar-refractivity contribution in [3.05, 3.63) is 46.6 Å². The second-order valence-corrected chi connectivity index (χ2v) is 12.6. The largest absolute Gasteiger partial charge is 0.367 e. The Hall–Kier alpha value is -0.740. The molecule has 0 aromatic rings. The number of ether oxygens (including phenoxy) is 1. The molecule has 0 spiro atoms. The standard InChI is InChI=1S/C22H40O6P2/c1-19(2)9-6-10-20(3)11-7-12-21(4)13-8-14-22(5)15-16-28-17-29(23,24)18-30(25,26)27/h9,11,13,15H,6-8,10,12,14,16-18H2,1-5H3,(H,23,24)(H2,25,26,27)/b20-11+,21-13+,22-15+. The zero-order valence-electron chi connectivity index (χ0n) is 19.1. The van der Waals surface area contributed by atoms with Gasteiger partial charge in [-0.15, -0.1) is 0 Å². The van der Waals surface area contributed by atoms with E-state index in [-0.39, 0.29) is 6.61 Å². The molecule has 0 aromatic heterocycles. The van der Waals surface area contributed by atoms with Crippen LogP contribution in [-0.4, -0.2) is 33.5 Å². The molecule has 8 heteroatoms. The summed E-state index contributed by atoms with van der Waals surface area (Å²) in [6.45, 7) is 10.7.